The Morgan fingerprint density at radius 2 is 1.90 bits per heavy atom. The monoisotopic (exact) mass is 466 g/mol. The van der Waals surface area contributed by atoms with Crippen LogP contribution in [0, 0.1) is 12.3 Å². The van der Waals surface area contributed by atoms with E-state index in [0.29, 0.717) is 44.8 Å². The lowest BCUT2D eigenvalue weighted by molar-refractivity contribution is -0.161. The smallest absolute Gasteiger partial charge is 0.313 e. The summed E-state index contributed by atoms with van der Waals surface area (Å²) in [4.78, 5) is 39.5. The number of esters is 1. The number of aryl methyl sites for hydroxylation is 1. The van der Waals surface area contributed by atoms with E-state index in [1.165, 1.54) is 0 Å². The molecule has 0 aromatic heterocycles. The first kappa shape index (κ1) is 21.8. The van der Waals surface area contributed by atoms with Gasteiger partial charge >= 0.3 is 5.97 Å². The maximum atomic E-state index is 12.8. The zero-order valence-corrected chi connectivity index (χ0v) is 18.3. The van der Waals surface area contributed by atoms with Crippen molar-refractivity contribution >= 4 is 39.4 Å². The summed E-state index contributed by atoms with van der Waals surface area (Å²) in [7, 11) is 0. The number of benzene rings is 1. The number of amides is 2. The van der Waals surface area contributed by atoms with Crippen molar-refractivity contribution < 1.29 is 23.9 Å². The van der Waals surface area contributed by atoms with Gasteiger partial charge in [0.15, 0.2) is 6.61 Å². The minimum absolute atomic E-state index is 0.0415. The minimum Gasteiger partial charge on any atom is -0.455 e. The van der Waals surface area contributed by atoms with E-state index in [4.69, 9.17) is 9.47 Å². The molecule has 1 aromatic rings. The first-order valence-corrected chi connectivity index (χ1v) is 10.8. The number of hydrogen-bond donors (Lipinski definition) is 1. The second-order valence-electron chi connectivity index (χ2n) is 7.76. The van der Waals surface area contributed by atoms with E-state index in [1.54, 1.807) is 11.0 Å². The Bertz CT molecular complexity index is 770. The molecule has 1 aliphatic heterocycles. The number of carbonyl (C=O) groups excluding carboxylic acids is 3. The Labute approximate surface area is 179 Å². The van der Waals surface area contributed by atoms with Gasteiger partial charge in [-0.25, -0.2) is 0 Å². The summed E-state index contributed by atoms with van der Waals surface area (Å²) in [6.45, 7) is 3.75. The highest BCUT2D eigenvalue weighted by Crippen LogP contribution is 2.42. The molecule has 7 nitrogen and oxygen atoms in total. The molecule has 2 fully saturated rings. The largest absolute Gasteiger partial charge is 0.455 e. The highest BCUT2D eigenvalue weighted by atomic mass is 79.9. The van der Waals surface area contributed by atoms with Gasteiger partial charge in [0.05, 0.1) is 24.3 Å². The number of carbonyl (C=O) groups is 3. The summed E-state index contributed by atoms with van der Waals surface area (Å²) < 4.78 is 11.4. The van der Waals surface area contributed by atoms with E-state index in [2.05, 4.69) is 21.2 Å². The molecule has 0 atom stereocenters. The molecule has 1 aromatic carbocycles. The predicted molar refractivity (Wildman–Crippen MR) is 111 cm³/mol. The van der Waals surface area contributed by atoms with Crippen molar-refractivity contribution in [2.75, 3.05) is 38.2 Å². The predicted octanol–water partition coefficient (Wildman–Crippen LogP) is 3.05. The lowest BCUT2D eigenvalue weighted by Crippen LogP contribution is -2.44. The Balaban J connectivity index is 1.56. The molecule has 2 aliphatic rings. The zero-order chi connectivity index (χ0) is 20.9. The van der Waals surface area contributed by atoms with Gasteiger partial charge in [-0.3, -0.25) is 14.4 Å². The van der Waals surface area contributed by atoms with Gasteiger partial charge in [0.2, 0.25) is 5.91 Å². The van der Waals surface area contributed by atoms with Crippen molar-refractivity contribution in [3.05, 3.63) is 28.2 Å². The van der Waals surface area contributed by atoms with Crippen LogP contribution >= 0.6 is 15.9 Å². The minimum atomic E-state index is -0.819. The Hall–Kier alpha value is -1.93. The van der Waals surface area contributed by atoms with Crippen molar-refractivity contribution in [3.63, 3.8) is 0 Å². The molecule has 29 heavy (non-hydrogen) atoms. The van der Waals surface area contributed by atoms with Crippen LogP contribution < -0.4 is 5.32 Å². The SMILES string of the molecule is Cc1ccc(NC(=O)COC(=O)C2(CC(=O)N3CCOCC3)CCCC2)c(Br)c1. The van der Waals surface area contributed by atoms with Crippen molar-refractivity contribution in [2.45, 2.75) is 39.0 Å². The van der Waals surface area contributed by atoms with Crippen LogP contribution in [-0.2, 0) is 23.9 Å². The zero-order valence-electron chi connectivity index (χ0n) is 16.7. The molecule has 0 spiro atoms. The number of halogens is 1. The van der Waals surface area contributed by atoms with Gasteiger partial charge in [0.1, 0.15) is 0 Å². The van der Waals surface area contributed by atoms with Gasteiger partial charge in [-0.05, 0) is 53.4 Å². The third-order valence-corrected chi connectivity index (χ3v) is 6.24. The fraction of sp³-hybridized carbons (Fsp3) is 0.571. The quantitative estimate of drug-likeness (QED) is 0.651. The highest BCUT2D eigenvalue weighted by molar-refractivity contribution is 9.10. The van der Waals surface area contributed by atoms with E-state index in [9.17, 15) is 14.4 Å². The number of anilines is 1. The fourth-order valence-electron chi connectivity index (χ4n) is 3.91. The molecule has 158 valence electrons. The van der Waals surface area contributed by atoms with Crippen molar-refractivity contribution in [1.82, 2.24) is 4.90 Å². The third-order valence-electron chi connectivity index (χ3n) is 5.58. The lowest BCUT2D eigenvalue weighted by Gasteiger charge is -2.31. The van der Waals surface area contributed by atoms with E-state index in [-0.39, 0.29) is 18.9 Å². The molecule has 1 aliphatic carbocycles. The van der Waals surface area contributed by atoms with Gasteiger partial charge in [-0.15, -0.1) is 0 Å². The number of rotatable bonds is 6. The summed E-state index contributed by atoms with van der Waals surface area (Å²) in [5.41, 5.74) is 0.865. The lowest BCUT2D eigenvalue weighted by atomic mass is 9.82. The second kappa shape index (κ2) is 9.71. The summed E-state index contributed by atoms with van der Waals surface area (Å²) in [5, 5.41) is 2.74. The maximum absolute atomic E-state index is 12.8. The molecule has 1 N–H and O–H groups in total. The summed E-state index contributed by atoms with van der Waals surface area (Å²) in [5.74, 6) is -0.898. The van der Waals surface area contributed by atoms with E-state index < -0.39 is 17.3 Å². The highest BCUT2D eigenvalue weighted by Gasteiger charge is 2.45. The summed E-state index contributed by atoms with van der Waals surface area (Å²) in [6, 6.07) is 5.57. The molecule has 8 heteroatoms. The summed E-state index contributed by atoms with van der Waals surface area (Å²) >= 11 is 3.41. The number of ether oxygens (including phenoxy) is 2. The Morgan fingerprint density at radius 3 is 2.55 bits per heavy atom. The standard InChI is InChI=1S/C21H27BrN2O5/c1-15-4-5-17(16(22)12-15)23-18(25)14-29-20(27)21(6-2-3-7-21)13-19(26)24-8-10-28-11-9-24/h4-5,12H,2-3,6-11,13-14H2,1H3,(H,23,25). The third kappa shape index (κ3) is 5.57. The van der Waals surface area contributed by atoms with Crippen molar-refractivity contribution in [3.8, 4) is 0 Å². The van der Waals surface area contributed by atoms with Crippen molar-refractivity contribution in [1.29, 1.82) is 0 Å². The Kier molecular flexibility index (Phi) is 7.29. The van der Waals surface area contributed by atoms with E-state index in [0.717, 1.165) is 22.9 Å². The molecule has 0 radical (unpaired) electrons. The van der Waals surface area contributed by atoms with Crippen molar-refractivity contribution in [2.24, 2.45) is 5.41 Å². The van der Waals surface area contributed by atoms with Crippen LogP contribution in [0.5, 0.6) is 0 Å². The first-order valence-electron chi connectivity index (χ1n) is 9.98. The van der Waals surface area contributed by atoms with Crippen LogP contribution in [0.4, 0.5) is 5.69 Å². The molecular formula is C21H27BrN2O5. The van der Waals surface area contributed by atoms with Gasteiger partial charge in [0.25, 0.3) is 5.91 Å². The van der Waals surface area contributed by atoms with Crippen LogP contribution in [-0.4, -0.2) is 55.6 Å². The van der Waals surface area contributed by atoms with Crippen LogP contribution in [0.3, 0.4) is 0 Å². The van der Waals surface area contributed by atoms with Crippen LogP contribution in [0.15, 0.2) is 22.7 Å². The number of morpholine rings is 1. The van der Waals surface area contributed by atoms with Gasteiger partial charge in [0, 0.05) is 24.0 Å². The topological polar surface area (TPSA) is 84.9 Å². The van der Waals surface area contributed by atoms with E-state index >= 15 is 0 Å². The molecule has 3 rings (SSSR count). The molecule has 2 amide bonds. The molecule has 0 bridgehead atoms. The first-order chi connectivity index (χ1) is 13.9. The number of hydrogen-bond acceptors (Lipinski definition) is 5. The maximum Gasteiger partial charge on any atom is 0.313 e. The van der Waals surface area contributed by atoms with Crippen LogP contribution in [0.1, 0.15) is 37.7 Å². The molecule has 1 heterocycles. The van der Waals surface area contributed by atoms with E-state index in [1.807, 2.05) is 19.1 Å². The number of nitrogens with zero attached hydrogens (tertiary/aromatic N) is 1. The average molecular weight is 467 g/mol. The van der Waals surface area contributed by atoms with Crippen LogP contribution in [0.2, 0.25) is 0 Å². The van der Waals surface area contributed by atoms with Gasteiger partial charge in [-0.2, -0.15) is 0 Å². The fourth-order valence-corrected chi connectivity index (χ4v) is 4.50. The normalized spacial score (nSPS) is 18.3. The summed E-state index contributed by atoms with van der Waals surface area (Å²) in [6.07, 6.45) is 3.14. The molecule has 1 saturated carbocycles. The van der Waals surface area contributed by atoms with Crippen LogP contribution in [0.25, 0.3) is 0 Å². The average Bonchev–Trinajstić information content (AvgIpc) is 3.18. The van der Waals surface area contributed by atoms with Gasteiger partial charge in [-0.1, -0.05) is 18.9 Å². The second-order valence-corrected chi connectivity index (χ2v) is 8.62. The number of nitrogens with one attached hydrogen (secondary N) is 1. The molecule has 1 saturated heterocycles. The Morgan fingerprint density at radius 1 is 1.21 bits per heavy atom. The molecular weight excluding hydrogens is 440 g/mol. The van der Waals surface area contributed by atoms with Gasteiger partial charge < -0.3 is 19.7 Å². The molecule has 0 unspecified atom stereocenters.